The van der Waals surface area contributed by atoms with Crippen molar-refractivity contribution in [3.05, 3.63) is 59.7 Å². The van der Waals surface area contributed by atoms with Crippen molar-refractivity contribution in [1.82, 2.24) is 0 Å². The molecule has 2 nitrogen and oxygen atoms in total. The van der Waals surface area contributed by atoms with Crippen LogP contribution in [0.5, 0.6) is 0 Å². The Balaban J connectivity index is 2.56. The highest BCUT2D eigenvalue weighted by atomic mass is 14.2. The van der Waals surface area contributed by atoms with Gasteiger partial charge in [-0.15, -0.1) is 0 Å². The van der Waals surface area contributed by atoms with E-state index in [1.165, 1.54) is 0 Å². The van der Waals surface area contributed by atoms with Gasteiger partial charge in [-0.3, -0.25) is 0 Å². The number of hydrogen-bond donors (Lipinski definition) is 0. The molecular formula is C16H12N2. The zero-order valence-corrected chi connectivity index (χ0v) is 9.93. The average Bonchev–Trinajstić information content (AvgIpc) is 2.41. The lowest BCUT2D eigenvalue weighted by molar-refractivity contribution is 1.23. The molecule has 0 spiro atoms. The normalized spacial score (nSPS) is 9.44. The summed E-state index contributed by atoms with van der Waals surface area (Å²) in [6.45, 7) is 0. The minimum absolute atomic E-state index is 0.386. The van der Waals surface area contributed by atoms with Gasteiger partial charge in [0.25, 0.3) is 0 Å². The van der Waals surface area contributed by atoms with Crippen molar-refractivity contribution >= 4 is 0 Å². The van der Waals surface area contributed by atoms with Crippen molar-refractivity contribution < 1.29 is 0 Å². The fourth-order valence-electron chi connectivity index (χ4n) is 2.04. The molecule has 0 N–H and O–H groups in total. The second-order valence-corrected chi connectivity index (χ2v) is 3.98. The number of nitrogens with zero attached hydrogens (tertiary/aromatic N) is 2. The fourth-order valence-corrected chi connectivity index (χ4v) is 2.04. The second-order valence-electron chi connectivity index (χ2n) is 3.98. The maximum Gasteiger partial charge on any atom is 0.0669 e. The van der Waals surface area contributed by atoms with Gasteiger partial charge in [0.15, 0.2) is 0 Å². The molecular weight excluding hydrogens is 220 g/mol. The summed E-state index contributed by atoms with van der Waals surface area (Å²) in [5, 5.41) is 17.7. The maximum atomic E-state index is 8.86. The molecule has 2 aromatic rings. The first-order chi connectivity index (χ1) is 8.86. The molecule has 0 aromatic heterocycles. The first-order valence-corrected chi connectivity index (χ1v) is 5.77. The van der Waals surface area contributed by atoms with Crippen LogP contribution in [0, 0.1) is 22.7 Å². The topological polar surface area (TPSA) is 47.6 Å². The Morgan fingerprint density at radius 2 is 1.06 bits per heavy atom. The largest absolute Gasteiger partial charge is 0.198 e. The molecule has 0 bridgehead atoms. The van der Waals surface area contributed by atoms with Gasteiger partial charge in [0.1, 0.15) is 0 Å². The minimum atomic E-state index is 0.386. The summed E-state index contributed by atoms with van der Waals surface area (Å²) in [7, 11) is 0. The number of hydrogen-bond acceptors (Lipinski definition) is 2. The summed E-state index contributed by atoms with van der Waals surface area (Å²) in [6, 6.07) is 20.1. The van der Waals surface area contributed by atoms with Crippen LogP contribution >= 0.6 is 0 Å². The molecule has 0 aliphatic carbocycles. The molecule has 0 amide bonds. The molecule has 0 atom stereocenters. The third-order valence-electron chi connectivity index (χ3n) is 2.86. The summed E-state index contributed by atoms with van der Waals surface area (Å²) < 4.78 is 0. The average molecular weight is 232 g/mol. The van der Waals surface area contributed by atoms with Crippen LogP contribution in [0.3, 0.4) is 0 Å². The summed E-state index contributed by atoms with van der Waals surface area (Å²) >= 11 is 0. The molecule has 0 aliphatic rings. The Labute approximate surface area is 107 Å². The molecule has 2 rings (SSSR count). The Kier molecular flexibility index (Phi) is 3.74. The zero-order chi connectivity index (χ0) is 12.8. The van der Waals surface area contributed by atoms with Gasteiger partial charge in [-0.2, -0.15) is 10.5 Å². The summed E-state index contributed by atoms with van der Waals surface area (Å²) in [5.41, 5.74) is 4.10. The van der Waals surface area contributed by atoms with E-state index in [0.717, 1.165) is 22.3 Å². The molecule has 0 unspecified atom stereocenters. The first kappa shape index (κ1) is 11.9. The predicted octanol–water partition coefficient (Wildman–Crippen LogP) is 3.49. The first-order valence-electron chi connectivity index (χ1n) is 5.77. The van der Waals surface area contributed by atoms with Crippen LogP contribution in [0.25, 0.3) is 11.1 Å². The van der Waals surface area contributed by atoms with Gasteiger partial charge in [0.2, 0.25) is 0 Å². The van der Waals surface area contributed by atoms with E-state index >= 15 is 0 Å². The van der Waals surface area contributed by atoms with Crippen molar-refractivity contribution in [2.75, 3.05) is 0 Å². The smallest absolute Gasteiger partial charge is 0.0669 e. The van der Waals surface area contributed by atoms with Gasteiger partial charge >= 0.3 is 0 Å². The summed E-state index contributed by atoms with van der Waals surface area (Å²) in [4.78, 5) is 0. The van der Waals surface area contributed by atoms with Crippen LogP contribution in [0.2, 0.25) is 0 Å². The summed E-state index contributed by atoms with van der Waals surface area (Å²) in [5.74, 6) is 0. The highest BCUT2D eigenvalue weighted by Gasteiger charge is 2.08. The maximum absolute atomic E-state index is 8.86. The van der Waals surface area contributed by atoms with E-state index in [1.54, 1.807) is 0 Å². The van der Waals surface area contributed by atoms with E-state index in [2.05, 4.69) is 12.1 Å². The highest BCUT2D eigenvalue weighted by molar-refractivity contribution is 5.71. The lowest BCUT2D eigenvalue weighted by Crippen LogP contribution is -1.92. The Morgan fingerprint density at radius 3 is 1.44 bits per heavy atom. The molecule has 0 fully saturated rings. The highest BCUT2D eigenvalue weighted by Crippen LogP contribution is 2.27. The van der Waals surface area contributed by atoms with E-state index < -0.39 is 0 Å². The molecule has 0 saturated heterocycles. The van der Waals surface area contributed by atoms with Crippen LogP contribution in [0.15, 0.2) is 48.5 Å². The molecule has 86 valence electrons. The van der Waals surface area contributed by atoms with E-state index in [0.29, 0.717) is 12.8 Å². The number of benzene rings is 2. The van der Waals surface area contributed by atoms with E-state index in [4.69, 9.17) is 10.5 Å². The third kappa shape index (κ3) is 2.39. The van der Waals surface area contributed by atoms with E-state index in [1.807, 2.05) is 48.5 Å². The quantitative estimate of drug-likeness (QED) is 0.813. The second kappa shape index (κ2) is 5.66. The molecule has 0 saturated carbocycles. The molecule has 0 heterocycles. The van der Waals surface area contributed by atoms with Crippen LogP contribution < -0.4 is 0 Å². The molecule has 0 radical (unpaired) electrons. The van der Waals surface area contributed by atoms with Gasteiger partial charge in [-0.05, 0) is 22.3 Å². The lowest BCUT2D eigenvalue weighted by Gasteiger charge is -2.10. The van der Waals surface area contributed by atoms with Crippen molar-refractivity contribution in [3.63, 3.8) is 0 Å². The van der Waals surface area contributed by atoms with Gasteiger partial charge in [-0.1, -0.05) is 48.5 Å². The molecule has 2 heteroatoms. The molecule has 18 heavy (non-hydrogen) atoms. The lowest BCUT2D eigenvalue weighted by atomic mass is 9.93. The predicted molar refractivity (Wildman–Crippen MR) is 70.5 cm³/mol. The van der Waals surface area contributed by atoms with Crippen LogP contribution in [-0.2, 0) is 12.8 Å². The van der Waals surface area contributed by atoms with Gasteiger partial charge in [0, 0.05) is 0 Å². The molecule has 2 aromatic carbocycles. The molecule has 0 aliphatic heterocycles. The van der Waals surface area contributed by atoms with Crippen molar-refractivity contribution in [2.45, 2.75) is 12.8 Å². The third-order valence-corrected chi connectivity index (χ3v) is 2.86. The standard InChI is InChI=1S/C16H12N2/c17-11-9-13-5-1-3-7-15(13)16-8-4-2-6-14(16)10-12-18/h1-8H,9-10H2. The van der Waals surface area contributed by atoms with Crippen LogP contribution in [-0.4, -0.2) is 0 Å². The van der Waals surface area contributed by atoms with Crippen molar-refractivity contribution in [3.8, 4) is 23.3 Å². The monoisotopic (exact) mass is 232 g/mol. The van der Waals surface area contributed by atoms with E-state index in [9.17, 15) is 0 Å². The van der Waals surface area contributed by atoms with Crippen molar-refractivity contribution in [1.29, 1.82) is 10.5 Å². The van der Waals surface area contributed by atoms with Crippen LogP contribution in [0.1, 0.15) is 11.1 Å². The van der Waals surface area contributed by atoms with Gasteiger partial charge < -0.3 is 0 Å². The van der Waals surface area contributed by atoms with Gasteiger partial charge in [-0.25, -0.2) is 0 Å². The minimum Gasteiger partial charge on any atom is -0.198 e. The van der Waals surface area contributed by atoms with E-state index in [-0.39, 0.29) is 0 Å². The van der Waals surface area contributed by atoms with Gasteiger partial charge in [0.05, 0.1) is 25.0 Å². The summed E-state index contributed by atoms with van der Waals surface area (Å²) in [6.07, 6.45) is 0.772. The van der Waals surface area contributed by atoms with Crippen molar-refractivity contribution in [2.24, 2.45) is 0 Å². The number of rotatable bonds is 3. The zero-order valence-electron chi connectivity index (χ0n) is 9.93. The van der Waals surface area contributed by atoms with Crippen LogP contribution in [0.4, 0.5) is 0 Å². The SMILES string of the molecule is N#CCc1ccccc1-c1ccccc1CC#N. The Morgan fingerprint density at radius 1 is 0.667 bits per heavy atom. The fraction of sp³-hybridized carbons (Fsp3) is 0.125. The number of nitriles is 2. The Bertz CT molecular complexity index is 573. The Hall–Kier alpha value is -2.58.